The number of amides is 1. The summed E-state index contributed by atoms with van der Waals surface area (Å²) in [5, 5.41) is 14.1. The molecular weight excluding hydrogens is 1010 g/mol. The molecule has 0 spiro atoms. The zero-order chi connectivity index (χ0) is 58.4. The minimum Gasteiger partial charge on any atom is -0.756 e. The molecule has 472 valence electrons. The third-order valence-corrected chi connectivity index (χ3v) is 17.0. The number of phosphoric ester groups is 1. The van der Waals surface area contributed by atoms with Crippen molar-refractivity contribution in [2.75, 3.05) is 40.9 Å². The number of carbonyl (C=O) groups excluding carboxylic acids is 1. The molecule has 0 aliphatic rings. The summed E-state index contributed by atoms with van der Waals surface area (Å²) in [5.41, 5.74) is 0. The van der Waals surface area contributed by atoms with Crippen molar-refractivity contribution in [3.8, 4) is 0 Å². The number of hydrogen-bond acceptors (Lipinski definition) is 6. The van der Waals surface area contributed by atoms with Crippen LogP contribution in [0.15, 0.2) is 48.6 Å². The molecule has 3 unspecified atom stereocenters. The van der Waals surface area contributed by atoms with E-state index < -0.39 is 20.0 Å². The number of nitrogens with one attached hydrogen (secondary N) is 1. The Bertz CT molecular complexity index is 1440. The highest BCUT2D eigenvalue weighted by Gasteiger charge is 2.24. The van der Waals surface area contributed by atoms with Crippen molar-refractivity contribution in [3.63, 3.8) is 0 Å². The third kappa shape index (κ3) is 64.0. The zero-order valence-electron chi connectivity index (χ0n) is 54.0. The van der Waals surface area contributed by atoms with Crippen molar-refractivity contribution in [1.29, 1.82) is 0 Å². The molecule has 0 aromatic rings. The van der Waals surface area contributed by atoms with Gasteiger partial charge in [-0.2, -0.15) is 0 Å². The molecule has 9 heteroatoms. The van der Waals surface area contributed by atoms with Gasteiger partial charge in [-0.15, -0.1) is 0 Å². The Labute approximate surface area is 499 Å². The lowest BCUT2D eigenvalue weighted by Crippen LogP contribution is -2.46. The molecule has 0 heterocycles. The van der Waals surface area contributed by atoms with Crippen molar-refractivity contribution < 1.29 is 32.9 Å². The Kier molecular flexibility index (Phi) is 60.8. The standard InChI is InChI=1S/C71H137N2O6P/c1-6-8-10-12-14-16-18-20-22-24-26-28-30-32-34-35-36-37-39-41-43-45-47-49-51-53-55-57-59-61-63-65-71(75)72-69(68-79-80(76,77)78-67-66-73(3,4)5)70(74)64-62-60-58-56-54-52-50-48-46-44-42-40-38-33-31-29-27-25-23-21-19-17-15-13-11-9-7-2/h8,10,14,16,20,22,26,28,69-70,74H,6-7,9,11-13,15,17-19,21,23-25,27,29-68H2,1-5H3,(H-,72,75,76,77)/b10-8-,16-14-,22-20-,28-26-. The van der Waals surface area contributed by atoms with Crippen LogP contribution >= 0.6 is 7.82 Å². The third-order valence-electron chi connectivity index (χ3n) is 16.1. The quantitative estimate of drug-likeness (QED) is 0.0272. The van der Waals surface area contributed by atoms with Crippen LogP contribution in [0.4, 0.5) is 0 Å². The van der Waals surface area contributed by atoms with Crippen molar-refractivity contribution in [1.82, 2.24) is 5.32 Å². The molecule has 0 fully saturated rings. The van der Waals surface area contributed by atoms with Gasteiger partial charge in [-0.25, -0.2) is 0 Å². The fourth-order valence-electron chi connectivity index (χ4n) is 10.7. The average molecular weight is 1150 g/mol. The minimum absolute atomic E-state index is 0.0135. The SMILES string of the molecule is CC/C=C\C/C=C\C/C=C\C/C=C\CCCCCCCCCCCCCCCCCCCCC(=O)NC(COP(=O)([O-])OCC[N+](C)(C)C)C(O)CCCCCCCCCCCCCCCCCCCCCCCCCCCCC. The number of nitrogens with zero attached hydrogens (tertiary/aromatic N) is 1. The molecule has 0 aliphatic carbocycles. The molecule has 0 bridgehead atoms. The molecule has 80 heavy (non-hydrogen) atoms. The van der Waals surface area contributed by atoms with Gasteiger partial charge in [0.05, 0.1) is 39.9 Å². The highest BCUT2D eigenvalue weighted by Crippen LogP contribution is 2.38. The Morgan fingerprint density at radius 2 is 0.762 bits per heavy atom. The van der Waals surface area contributed by atoms with Crippen LogP contribution < -0.4 is 10.2 Å². The predicted molar refractivity (Wildman–Crippen MR) is 348 cm³/mol. The molecule has 0 aromatic carbocycles. The van der Waals surface area contributed by atoms with Gasteiger partial charge in [-0.1, -0.05) is 339 Å². The molecule has 0 saturated heterocycles. The first-order valence-electron chi connectivity index (χ1n) is 35.0. The van der Waals surface area contributed by atoms with Crippen LogP contribution in [-0.2, 0) is 18.4 Å². The van der Waals surface area contributed by atoms with Crippen LogP contribution in [0.1, 0.15) is 348 Å². The Balaban J connectivity index is 4.01. The molecule has 0 radical (unpaired) electrons. The van der Waals surface area contributed by atoms with E-state index in [-0.39, 0.29) is 19.1 Å². The maximum absolute atomic E-state index is 13.1. The second-order valence-electron chi connectivity index (χ2n) is 25.2. The summed E-state index contributed by atoms with van der Waals surface area (Å²) in [7, 11) is 1.32. The monoisotopic (exact) mass is 1150 g/mol. The summed E-state index contributed by atoms with van der Waals surface area (Å²) < 4.78 is 23.5. The number of rotatable bonds is 65. The van der Waals surface area contributed by atoms with Gasteiger partial charge in [-0.05, 0) is 51.4 Å². The first-order chi connectivity index (χ1) is 39.0. The van der Waals surface area contributed by atoms with E-state index in [2.05, 4.69) is 67.8 Å². The van der Waals surface area contributed by atoms with E-state index >= 15 is 0 Å². The van der Waals surface area contributed by atoms with Crippen molar-refractivity contribution in [2.24, 2.45) is 0 Å². The summed E-state index contributed by atoms with van der Waals surface area (Å²) >= 11 is 0. The first-order valence-corrected chi connectivity index (χ1v) is 36.4. The lowest BCUT2D eigenvalue weighted by Gasteiger charge is -2.30. The van der Waals surface area contributed by atoms with Crippen LogP contribution in [0, 0.1) is 0 Å². The van der Waals surface area contributed by atoms with Gasteiger partial charge in [0.15, 0.2) is 0 Å². The van der Waals surface area contributed by atoms with Crippen LogP contribution in [0.5, 0.6) is 0 Å². The van der Waals surface area contributed by atoms with E-state index in [4.69, 9.17) is 9.05 Å². The lowest BCUT2D eigenvalue weighted by atomic mass is 10.0. The smallest absolute Gasteiger partial charge is 0.268 e. The molecule has 0 saturated carbocycles. The van der Waals surface area contributed by atoms with E-state index in [0.29, 0.717) is 23.9 Å². The molecule has 2 N–H and O–H groups in total. The summed E-state index contributed by atoms with van der Waals surface area (Å²) in [6.45, 7) is 4.66. The minimum atomic E-state index is -4.58. The molecule has 8 nitrogen and oxygen atoms in total. The Morgan fingerprint density at radius 3 is 1.11 bits per heavy atom. The molecule has 0 aromatic heterocycles. The van der Waals surface area contributed by atoms with Crippen LogP contribution in [0.3, 0.4) is 0 Å². The van der Waals surface area contributed by atoms with E-state index in [1.807, 2.05) is 21.1 Å². The molecule has 0 aliphatic heterocycles. The van der Waals surface area contributed by atoms with Crippen LogP contribution in [-0.4, -0.2) is 68.5 Å². The topological polar surface area (TPSA) is 108 Å². The summed E-state index contributed by atoms with van der Waals surface area (Å²) in [6.07, 6.45) is 83.3. The van der Waals surface area contributed by atoms with Gasteiger partial charge in [0.2, 0.25) is 5.91 Å². The zero-order valence-corrected chi connectivity index (χ0v) is 54.9. The predicted octanol–water partition coefficient (Wildman–Crippen LogP) is 21.6. The molecule has 1 amide bonds. The lowest BCUT2D eigenvalue weighted by molar-refractivity contribution is -0.870. The van der Waals surface area contributed by atoms with Crippen LogP contribution in [0.25, 0.3) is 0 Å². The number of quaternary nitrogens is 1. The van der Waals surface area contributed by atoms with E-state index in [0.717, 1.165) is 64.2 Å². The number of phosphoric acid groups is 1. The number of likely N-dealkylation sites (N-methyl/N-ethyl adjacent to an activating group) is 1. The van der Waals surface area contributed by atoms with Gasteiger partial charge in [0.1, 0.15) is 13.2 Å². The van der Waals surface area contributed by atoms with Crippen molar-refractivity contribution in [3.05, 3.63) is 48.6 Å². The highest BCUT2D eigenvalue weighted by atomic mass is 31.2. The number of aliphatic hydroxyl groups excluding tert-OH is 1. The highest BCUT2D eigenvalue weighted by molar-refractivity contribution is 7.45. The van der Waals surface area contributed by atoms with Crippen LogP contribution in [0.2, 0.25) is 0 Å². The normalized spacial score (nSPS) is 13.9. The molecular formula is C71H137N2O6P. The maximum Gasteiger partial charge on any atom is 0.268 e. The van der Waals surface area contributed by atoms with Crippen molar-refractivity contribution >= 4 is 13.7 Å². The fourth-order valence-corrected chi connectivity index (χ4v) is 11.4. The average Bonchev–Trinajstić information content (AvgIpc) is 3.42. The molecule has 0 rings (SSSR count). The van der Waals surface area contributed by atoms with Gasteiger partial charge >= 0.3 is 0 Å². The summed E-state index contributed by atoms with van der Waals surface area (Å²) in [4.78, 5) is 25.7. The second-order valence-corrected chi connectivity index (χ2v) is 26.6. The van der Waals surface area contributed by atoms with E-state index in [1.165, 1.54) is 257 Å². The first kappa shape index (κ1) is 78.5. The molecule has 3 atom stereocenters. The van der Waals surface area contributed by atoms with Gasteiger partial charge in [-0.3, -0.25) is 9.36 Å². The number of aliphatic hydroxyl groups is 1. The Morgan fingerprint density at radius 1 is 0.450 bits per heavy atom. The Hall–Kier alpha value is -1.54. The van der Waals surface area contributed by atoms with Gasteiger partial charge in [0, 0.05) is 6.42 Å². The number of hydrogen-bond donors (Lipinski definition) is 2. The van der Waals surface area contributed by atoms with E-state index in [9.17, 15) is 19.4 Å². The number of carbonyl (C=O) groups is 1. The van der Waals surface area contributed by atoms with Gasteiger partial charge in [0.25, 0.3) is 7.82 Å². The summed E-state index contributed by atoms with van der Waals surface area (Å²) in [5.74, 6) is -0.159. The number of allylic oxidation sites excluding steroid dienone is 8. The van der Waals surface area contributed by atoms with Gasteiger partial charge < -0.3 is 28.8 Å². The number of unbranched alkanes of at least 4 members (excludes halogenated alkanes) is 44. The maximum atomic E-state index is 13.1. The fraction of sp³-hybridized carbons (Fsp3) is 0.873. The summed E-state index contributed by atoms with van der Waals surface area (Å²) in [6, 6.07) is -0.802. The second kappa shape index (κ2) is 62.0. The van der Waals surface area contributed by atoms with E-state index in [1.54, 1.807) is 0 Å². The van der Waals surface area contributed by atoms with Crippen molar-refractivity contribution in [2.45, 2.75) is 360 Å². The largest absolute Gasteiger partial charge is 0.756 e.